The van der Waals surface area contributed by atoms with Gasteiger partial charge in [-0.3, -0.25) is 4.79 Å². The smallest absolute Gasteiger partial charge is 0.326 e. The number of carboxylic acids is 1. The number of carbonyl (C=O) groups excluding carboxylic acids is 1. The van der Waals surface area contributed by atoms with Crippen LogP contribution in [-0.2, 0) is 16.6 Å². The Kier molecular flexibility index (Phi) is 7.43. The number of aliphatic carboxylic acids is 1. The first-order valence-corrected chi connectivity index (χ1v) is 13.2. The molecule has 1 aromatic heterocycles. The van der Waals surface area contributed by atoms with Crippen LogP contribution in [0, 0.1) is 0 Å². The Morgan fingerprint density at radius 1 is 0.775 bits per heavy atom. The predicted octanol–water partition coefficient (Wildman–Crippen LogP) is 6.69. The van der Waals surface area contributed by atoms with E-state index in [4.69, 9.17) is 0 Å². The molecule has 0 aliphatic carbocycles. The van der Waals surface area contributed by atoms with Gasteiger partial charge in [-0.05, 0) is 51.1 Å². The van der Waals surface area contributed by atoms with Crippen molar-refractivity contribution in [1.82, 2.24) is 15.3 Å². The van der Waals surface area contributed by atoms with Crippen LogP contribution in [0.25, 0.3) is 33.3 Å². The second-order valence-electron chi connectivity index (χ2n) is 10.9. The number of aromatic nitrogens is 2. The van der Waals surface area contributed by atoms with E-state index in [1.807, 2.05) is 60.9 Å². The third-order valence-electron chi connectivity index (χ3n) is 7.00. The third-order valence-corrected chi connectivity index (χ3v) is 7.00. The fraction of sp³-hybridized carbons (Fsp3) is 0.176. The van der Waals surface area contributed by atoms with E-state index in [2.05, 4.69) is 66.4 Å². The molecule has 200 valence electrons. The van der Waals surface area contributed by atoms with Gasteiger partial charge >= 0.3 is 5.97 Å². The highest BCUT2D eigenvalue weighted by atomic mass is 16.4. The monoisotopic (exact) mass is 529 g/mol. The number of nitrogens with one attached hydrogen (secondary N) is 1. The zero-order chi connectivity index (χ0) is 28.3. The van der Waals surface area contributed by atoms with Gasteiger partial charge in [0, 0.05) is 35.5 Å². The van der Waals surface area contributed by atoms with E-state index in [9.17, 15) is 14.7 Å². The average Bonchev–Trinajstić information content (AvgIpc) is 2.96. The van der Waals surface area contributed by atoms with Gasteiger partial charge in [0.05, 0.1) is 0 Å². The largest absolute Gasteiger partial charge is 0.480 e. The number of carbonyl (C=O) groups is 2. The van der Waals surface area contributed by atoms with Crippen LogP contribution in [0.3, 0.4) is 0 Å². The van der Waals surface area contributed by atoms with E-state index >= 15 is 0 Å². The van der Waals surface area contributed by atoms with E-state index in [0.717, 1.165) is 33.2 Å². The van der Waals surface area contributed by atoms with Gasteiger partial charge in [0.1, 0.15) is 6.04 Å². The molecule has 0 aliphatic heterocycles. The van der Waals surface area contributed by atoms with E-state index in [1.165, 1.54) is 5.39 Å². The van der Waals surface area contributed by atoms with Crippen molar-refractivity contribution in [3.63, 3.8) is 0 Å². The summed E-state index contributed by atoms with van der Waals surface area (Å²) < 4.78 is 0. The van der Waals surface area contributed by atoms with Gasteiger partial charge in [0.2, 0.25) is 0 Å². The zero-order valence-electron chi connectivity index (χ0n) is 22.8. The maximum Gasteiger partial charge on any atom is 0.326 e. The summed E-state index contributed by atoms with van der Waals surface area (Å²) in [6.07, 6.45) is 3.78. The molecule has 40 heavy (non-hydrogen) atoms. The van der Waals surface area contributed by atoms with Crippen molar-refractivity contribution in [2.24, 2.45) is 0 Å². The van der Waals surface area contributed by atoms with Gasteiger partial charge in [-0.15, -0.1) is 0 Å². The van der Waals surface area contributed by atoms with Crippen molar-refractivity contribution in [1.29, 1.82) is 0 Å². The molecule has 6 heteroatoms. The van der Waals surface area contributed by atoms with Crippen molar-refractivity contribution >= 4 is 22.6 Å². The number of benzene rings is 4. The lowest BCUT2D eigenvalue weighted by Crippen LogP contribution is -2.42. The average molecular weight is 530 g/mol. The maximum absolute atomic E-state index is 12.8. The Morgan fingerprint density at radius 2 is 1.40 bits per heavy atom. The zero-order valence-corrected chi connectivity index (χ0v) is 22.8. The predicted molar refractivity (Wildman–Crippen MR) is 158 cm³/mol. The molecule has 0 spiro atoms. The molecule has 4 aromatic carbocycles. The van der Waals surface area contributed by atoms with E-state index in [1.54, 1.807) is 12.1 Å². The molecule has 0 saturated heterocycles. The molecule has 0 bridgehead atoms. The quantitative estimate of drug-likeness (QED) is 0.245. The molecule has 6 nitrogen and oxygen atoms in total. The molecule has 1 atom stereocenters. The molecule has 0 radical (unpaired) electrons. The van der Waals surface area contributed by atoms with Gasteiger partial charge in [-0.25, -0.2) is 14.8 Å². The molecular formula is C34H31N3O3. The van der Waals surface area contributed by atoms with Crippen molar-refractivity contribution in [2.75, 3.05) is 0 Å². The molecule has 5 rings (SSSR count). The van der Waals surface area contributed by atoms with Crippen LogP contribution in [0.2, 0.25) is 0 Å². The third kappa shape index (κ3) is 6.07. The van der Waals surface area contributed by atoms with E-state index in [-0.39, 0.29) is 11.8 Å². The highest BCUT2D eigenvalue weighted by Gasteiger charge is 2.22. The Bertz CT molecular complexity index is 1650. The summed E-state index contributed by atoms with van der Waals surface area (Å²) in [6, 6.07) is 28.1. The second-order valence-corrected chi connectivity index (χ2v) is 10.9. The number of rotatable bonds is 7. The summed E-state index contributed by atoms with van der Waals surface area (Å²) in [5.74, 6) is -0.918. The maximum atomic E-state index is 12.8. The van der Waals surface area contributed by atoms with Gasteiger partial charge in [-0.2, -0.15) is 0 Å². The fourth-order valence-electron chi connectivity index (χ4n) is 4.58. The Hall–Kier alpha value is -4.84. The van der Waals surface area contributed by atoms with E-state index < -0.39 is 17.9 Å². The molecule has 0 unspecified atom stereocenters. The lowest BCUT2D eigenvalue weighted by molar-refractivity contribution is -0.139. The van der Waals surface area contributed by atoms with Crippen molar-refractivity contribution in [2.45, 2.75) is 38.6 Å². The van der Waals surface area contributed by atoms with Crippen molar-refractivity contribution in [3.8, 4) is 22.5 Å². The minimum Gasteiger partial charge on any atom is -0.480 e. The van der Waals surface area contributed by atoms with Crippen LogP contribution < -0.4 is 5.32 Å². The van der Waals surface area contributed by atoms with Gasteiger partial charge in [-0.1, -0.05) is 93.6 Å². The summed E-state index contributed by atoms with van der Waals surface area (Å²) in [6.45, 7) is 6.30. The number of hydrogen-bond donors (Lipinski definition) is 2. The van der Waals surface area contributed by atoms with Crippen LogP contribution in [0.5, 0.6) is 0 Å². The Labute approximate surface area is 233 Å². The first kappa shape index (κ1) is 26.8. The molecule has 0 fully saturated rings. The lowest BCUT2D eigenvalue weighted by atomic mass is 9.86. The first-order valence-electron chi connectivity index (χ1n) is 13.2. The highest BCUT2D eigenvalue weighted by Crippen LogP contribution is 2.25. The summed E-state index contributed by atoms with van der Waals surface area (Å²) in [4.78, 5) is 33.8. The molecule has 0 saturated carbocycles. The molecular weight excluding hydrogens is 498 g/mol. The molecule has 0 aliphatic rings. The summed E-state index contributed by atoms with van der Waals surface area (Å²) in [5, 5.41) is 14.8. The van der Waals surface area contributed by atoms with Gasteiger partial charge in [0.25, 0.3) is 5.91 Å². The topological polar surface area (TPSA) is 92.2 Å². The first-order chi connectivity index (χ1) is 19.2. The number of fused-ring (bicyclic) bond motifs is 1. The number of nitrogens with zero attached hydrogens (tertiary/aromatic N) is 2. The Balaban J connectivity index is 1.25. The Morgan fingerprint density at radius 3 is 2.02 bits per heavy atom. The van der Waals surface area contributed by atoms with E-state index in [0.29, 0.717) is 11.4 Å². The number of hydrogen-bond acceptors (Lipinski definition) is 4. The second kappa shape index (κ2) is 11.1. The van der Waals surface area contributed by atoms with Gasteiger partial charge in [0.15, 0.2) is 5.82 Å². The van der Waals surface area contributed by atoms with Gasteiger partial charge < -0.3 is 10.4 Å². The van der Waals surface area contributed by atoms with Crippen LogP contribution in [-0.4, -0.2) is 33.0 Å². The standard InChI is InChI=1S/C34H31N3O3/c1-34(2,3)29-16-14-25(15-17-29)32(38)37-30(33(39)40)18-22-8-10-24(11-9-22)31-35-20-28(21-36-31)27-13-12-23-6-4-5-7-26(23)19-27/h4-17,19-21,30H,18H2,1-3H3,(H,37,38)(H,39,40)/t30-/m0/s1. The van der Waals surface area contributed by atoms with Crippen molar-refractivity contribution in [3.05, 3.63) is 120 Å². The highest BCUT2D eigenvalue weighted by molar-refractivity contribution is 5.96. The lowest BCUT2D eigenvalue weighted by Gasteiger charge is -2.19. The SMILES string of the molecule is CC(C)(C)c1ccc(C(=O)N[C@@H](Cc2ccc(-c3ncc(-c4ccc5ccccc5c4)cn3)cc2)C(=O)O)cc1. The number of amides is 1. The normalized spacial score (nSPS) is 12.2. The summed E-state index contributed by atoms with van der Waals surface area (Å²) >= 11 is 0. The summed E-state index contributed by atoms with van der Waals surface area (Å²) in [5.41, 5.74) is 5.09. The summed E-state index contributed by atoms with van der Waals surface area (Å²) in [7, 11) is 0. The molecule has 5 aromatic rings. The molecule has 1 heterocycles. The minimum absolute atomic E-state index is 0.0327. The van der Waals surface area contributed by atoms with Crippen LogP contribution >= 0.6 is 0 Å². The fourth-order valence-corrected chi connectivity index (χ4v) is 4.58. The van der Waals surface area contributed by atoms with Crippen molar-refractivity contribution < 1.29 is 14.7 Å². The molecule has 2 N–H and O–H groups in total. The van der Waals surface area contributed by atoms with Crippen LogP contribution in [0.15, 0.2) is 103 Å². The minimum atomic E-state index is -1.09. The van der Waals surface area contributed by atoms with Crippen LogP contribution in [0.1, 0.15) is 42.3 Å². The molecule has 1 amide bonds. The van der Waals surface area contributed by atoms with Crippen LogP contribution in [0.4, 0.5) is 0 Å². The number of carboxylic acid groups (broad SMARTS) is 1.